The van der Waals surface area contributed by atoms with Gasteiger partial charge >= 0.3 is 0 Å². The van der Waals surface area contributed by atoms with E-state index in [1.54, 1.807) is 54.6 Å². The van der Waals surface area contributed by atoms with Crippen molar-refractivity contribution in [2.45, 2.75) is 55.6 Å². The summed E-state index contributed by atoms with van der Waals surface area (Å²) in [6, 6.07) is 28.8. The van der Waals surface area contributed by atoms with Gasteiger partial charge in [0.05, 0.1) is 10.6 Å². The van der Waals surface area contributed by atoms with E-state index in [2.05, 4.69) is 21.2 Å². The first kappa shape index (κ1) is 32.4. The molecule has 4 aromatic rings. The van der Waals surface area contributed by atoms with Crippen molar-refractivity contribution in [1.82, 2.24) is 10.2 Å². The van der Waals surface area contributed by atoms with Gasteiger partial charge in [0.25, 0.3) is 10.0 Å². The molecule has 10 heteroatoms. The molecule has 0 saturated heterocycles. The Labute approximate surface area is 272 Å². The number of nitrogens with one attached hydrogen (secondary N) is 1. The molecule has 7 nitrogen and oxygen atoms in total. The molecule has 0 aromatic heterocycles. The van der Waals surface area contributed by atoms with Crippen molar-refractivity contribution in [2.75, 3.05) is 10.8 Å². The highest BCUT2D eigenvalue weighted by Crippen LogP contribution is 2.27. The molecular weight excluding hydrogens is 657 g/mol. The summed E-state index contributed by atoms with van der Waals surface area (Å²) in [6.07, 6.45) is 3.98. The third-order valence-electron chi connectivity index (χ3n) is 7.95. The van der Waals surface area contributed by atoms with Crippen molar-refractivity contribution in [1.29, 1.82) is 0 Å². The molecule has 1 atom stereocenters. The molecule has 234 valence electrons. The highest BCUT2D eigenvalue weighted by molar-refractivity contribution is 9.10. The van der Waals surface area contributed by atoms with Crippen LogP contribution in [0.5, 0.6) is 0 Å². The summed E-state index contributed by atoms with van der Waals surface area (Å²) in [5, 5.41) is 3.15. The molecule has 45 heavy (non-hydrogen) atoms. The number of rotatable bonds is 12. The van der Waals surface area contributed by atoms with Gasteiger partial charge in [0.1, 0.15) is 18.4 Å². The monoisotopic (exact) mass is 691 g/mol. The molecule has 1 aliphatic rings. The van der Waals surface area contributed by atoms with Crippen molar-refractivity contribution >= 4 is 43.5 Å². The van der Waals surface area contributed by atoms with Gasteiger partial charge in [-0.15, -0.1) is 0 Å². The molecule has 1 aliphatic carbocycles. The van der Waals surface area contributed by atoms with Crippen molar-refractivity contribution < 1.29 is 22.4 Å². The predicted molar refractivity (Wildman–Crippen MR) is 176 cm³/mol. The van der Waals surface area contributed by atoms with Crippen molar-refractivity contribution in [3.8, 4) is 0 Å². The van der Waals surface area contributed by atoms with Crippen LogP contribution in [0.1, 0.15) is 36.8 Å². The molecular formula is C35H35BrFN3O4S. The molecule has 2 amide bonds. The standard InChI is InChI=1S/C35H35BrFN3O4S/c36-28-12-9-15-31(23-28)40(45(43,44)32-16-5-2-6-17-32)25-34(41)39(24-27-18-20-29(37)21-19-27)33(22-26-10-3-1-4-11-26)35(42)38-30-13-7-8-14-30/h1-6,9-12,15-21,23,30,33H,7-8,13-14,22,24-25H2,(H,38,42)/t33-/m1/s1. The summed E-state index contributed by atoms with van der Waals surface area (Å²) >= 11 is 3.42. The minimum absolute atomic E-state index is 0.00942. The van der Waals surface area contributed by atoms with Crippen molar-refractivity contribution in [2.24, 2.45) is 0 Å². The van der Waals surface area contributed by atoms with Gasteiger partial charge in [-0.3, -0.25) is 13.9 Å². The van der Waals surface area contributed by atoms with Gasteiger partial charge < -0.3 is 10.2 Å². The third-order valence-corrected chi connectivity index (χ3v) is 10.2. The zero-order valence-corrected chi connectivity index (χ0v) is 27.1. The average molecular weight is 693 g/mol. The summed E-state index contributed by atoms with van der Waals surface area (Å²) in [4.78, 5) is 30.0. The molecule has 0 radical (unpaired) electrons. The fourth-order valence-corrected chi connectivity index (χ4v) is 7.40. The predicted octanol–water partition coefficient (Wildman–Crippen LogP) is 6.48. The molecule has 0 aliphatic heterocycles. The Morgan fingerprint density at radius 3 is 2.13 bits per heavy atom. The van der Waals surface area contributed by atoms with Gasteiger partial charge in [-0.2, -0.15) is 0 Å². The van der Waals surface area contributed by atoms with Crippen LogP contribution in [0, 0.1) is 5.82 Å². The maximum absolute atomic E-state index is 14.5. The first-order chi connectivity index (χ1) is 21.7. The van der Waals surface area contributed by atoms with Crippen LogP contribution in [0.15, 0.2) is 119 Å². The number of nitrogens with zero attached hydrogens (tertiary/aromatic N) is 2. The van der Waals surface area contributed by atoms with Gasteiger partial charge in [0, 0.05) is 23.5 Å². The summed E-state index contributed by atoms with van der Waals surface area (Å²) in [6.45, 7) is -0.580. The maximum atomic E-state index is 14.5. The highest BCUT2D eigenvalue weighted by Gasteiger charge is 2.35. The second kappa shape index (κ2) is 14.8. The number of carbonyl (C=O) groups excluding carboxylic acids is 2. The van der Waals surface area contributed by atoms with E-state index in [1.807, 2.05) is 30.3 Å². The van der Waals surface area contributed by atoms with Gasteiger partial charge in [-0.05, 0) is 66.4 Å². The summed E-state index contributed by atoms with van der Waals surface area (Å²) < 4.78 is 43.6. The number of carbonyl (C=O) groups is 2. The van der Waals surface area contributed by atoms with Gasteiger partial charge in [0.15, 0.2) is 0 Å². The van der Waals surface area contributed by atoms with Crippen LogP contribution >= 0.6 is 15.9 Å². The molecule has 5 rings (SSSR count). The molecule has 0 heterocycles. The van der Waals surface area contributed by atoms with Gasteiger partial charge in [0.2, 0.25) is 11.8 Å². The number of sulfonamides is 1. The second-order valence-corrected chi connectivity index (χ2v) is 13.9. The van der Waals surface area contributed by atoms with E-state index in [9.17, 15) is 22.4 Å². The largest absolute Gasteiger partial charge is 0.352 e. The summed E-state index contributed by atoms with van der Waals surface area (Å²) in [5.41, 5.74) is 1.75. The average Bonchev–Trinajstić information content (AvgIpc) is 3.56. The van der Waals surface area contributed by atoms with Crippen molar-refractivity contribution in [3.05, 3.63) is 131 Å². The summed E-state index contributed by atoms with van der Waals surface area (Å²) in [7, 11) is -4.19. The van der Waals surface area contributed by atoms with E-state index in [0.29, 0.717) is 15.7 Å². The number of benzene rings is 4. The lowest BCUT2D eigenvalue weighted by Gasteiger charge is -2.34. The fourth-order valence-electron chi connectivity index (χ4n) is 5.59. The van der Waals surface area contributed by atoms with E-state index >= 15 is 0 Å². The van der Waals surface area contributed by atoms with E-state index < -0.39 is 34.3 Å². The van der Waals surface area contributed by atoms with Crippen LogP contribution < -0.4 is 9.62 Å². The van der Waals surface area contributed by atoms with E-state index in [4.69, 9.17) is 0 Å². The minimum Gasteiger partial charge on any atom is -0.352 e. The Balaban J connectivity index is 1.56. The zero-order chi connectivity index (χ0) is 31.8. The van der Waals surface area contributed by atoms with Crippen LogP contribution in [0.25, 0.3) is 0 Å². The van der Waals surface area contributed by atoms with Gasteiger partial charge in [-0.1, -0.05) is 95.5 Å². The molecule has 1 saturated carbocycles. The Morgan fingerprint density at radius 1 is 0.844 bits per heavy atom. The normalized spacial score (nSPS) is 14.1. The number of hydrogen-bond donors (Lipinski definition) is 1. The minimum atomic E-state index is -4.19. The maximum Gasteiger partial charge on any atom is 0.264 e. The Morgan fingerprint density at radius 2 is 1.49 bits per heavy atom. The molecule has 0 unspecified atom stereocenters. The smallest absolute Gasteiger partial charge is 0.264 e. The lowest BCUT2D eigenvalue weighted by atomic mass is 10.0. The Bertz CT molecular complexity index is 1700. The molecule has 0 bridgehead atoms. The lowest BCUT2D eigenvalue weighted by Crippen LogP contribution is -2.54. The molecule has 4 aromatic carbocycles. The number of anilines is 1. The SMILES string of the molecule is O=C(NC1CCCC1)[C@@H](Cc1ccccc1)N(Cc1ccc(F)cc1)C(=O)CN(c1cccc(Br)c1)S(=O)(=O)c1ccccc1. The second-order valence-electron chi connectivity index (χ2n) is 11.1. The number of halogens is 2. The van der Waals surface area contributed by atoms with Crippen LogP contribution in [0.2, 0.25) is 0 Å². The molecule has 0 spiro atoms. The van der Waals surface area contributed by atoms with E-state index in [1.165, 1.54) is 29.2 Å². The van der Waals surface area contributed by atoms with Gasteiger partial charge in [-0.25, -0.2) is 12.8 Å². The first-order valence-corrected chi connectivity index (χ1v) is 17.2. The van der Waals surface area contributed by atoms with Crippen LogP contribution in [0.4, 0.5) is 10.1 Å². The quantitative estimate of drug-likeness (QED) is 0.184. The zero-order valence-electron chi connectivity index (χ0n) is 24.7. The van der Waals surface area contributed by atoms with Crippen LogP contribution in [-0.2, 0) is 32.6 Å². The van der Waals surface area contributed by atoms with E-state index in [0.717, 1.165) is 35.6 Å². The summed E-state index contributed by atoms with van der Waals surface area (Å²) in [5.74, 6) is -1.30. The first-order valence-electron chi connectivity index (χ1n) is 14.9. The van der Waals surface area contributed by atoms with Crippen LogP contribution in [-0.4, -0.2) is 43.8 Å². The highest BCUT2D eigenvalue weighted by atomic mass is 79.9. The fraction of sp³-hybridized carbons (Fsp3) is 0.257. The number of hydrogen-bond acceptors (Lipinski definition) is 4. The molecule has 1 fully saturated rings. The Kier molecular flexibility index (Phi) is 10.7. The topological polar surface area (TPSA) is 86.8 Å². The number of amides is 2. The van der Waals surface area contributed by atoms with Crippen molar-refractivity contribution in [3.63, 3.8) is 0 Å². The lowest BCUT2D eigenvalue weighted by molar-refractivity contribution is -0.140. The van der Waals surface area contributed by atoms with E-state index in [-0.39, 0.29) is 29.8 Å². The van der Waals surface area contributed by atoms with Crippen LogP contribution in [0.3, 0.4) is 0 Å². The molecule has 1 N–H and O–H groups in total. The third kappa shape index (κ3) is 8.38. The Hall–Kier alpha value is -4.02.